The Balaban J connectivity index is 1.80. The van der Waals surface area contributed by atoms with Crippen LogP contribution in [0.15, 0.2) is 12.7 Å². The fourth-order valence-electron chi connectivity index (χ4n) is 0.603. The maximum absolute atomic E-state index is 5.19. The highest BCUT2D eigenvalue weighted by molar-refractivity contribution is 4.73. The molecule has 0 aromatic heterocycles. The molecule has 1 aliphatic rings. The summed E-state index contributed by atoms with van der Waals surface area (Å²) in [6.07, 6.45) is 4.54. The molecule has 0 atom stereocenters. The Morgan fingerprint density at radius 1 is 1.62 bits per heavy atom. The Hall–Kier alpha value is -0.300. The highest BCUT2D eigenvalue weighted by Crippen LogP contribution is 2.28. The second kappa shape index (κ2) is 2.88. The van der Waals surface area contributed by atoms with Crippen LogP contribution in [0.3, 0.4) is 0 Å². The number of hydrogen-bond donors (Lipinski definition) is 0. The van der Waals surface area contributed by atoms with Gasteiger partial charge in [0.15, 0.2) is 0 Å². The minimum absolute atomic E-state index is 0.719. The van der Waals surface area contributed by atoms with Crippen molar-refractivity contribution in [2.45, 2.75) is 12.8 Å². The number of rotatable bonds is 4. The van der Waals surface area contributed by atoms with Crippen molar-refractivity contribution in [3.05, 3.63) is 12.7 Å². The summed E-state index contributed by atoms with van der Waals surface area (Å²) >= 11 is 0. The predicted molar refractivity (Wildman–Crippen MR) is 33.7 cm³/mol. The van der Waals surface area contributed by atoms with Crippen molar-refractivity contribution in [1.29, 1.82) is 0 Å². The number of ether oxygens (including phenoxy) is 1. The van der Waals surface area contributed by atoms with Crippen molar-refractivity contribution < 1.29 is 4.74 Å². The van der Waals surface area contributed by atoms with Crippen LogP contribution in [0.4, 0.5) is 0 Å². The van der Waals surface area contributed by atoms with Gasteiger partial charge in [0, 0.05) is 6.61 Å². The van der Waals surface area contributed by atoms with Gasteiger partial charge in [0.05, 0.1) is 6.61 Å². The summed E-state index contributed by atoms with van der Waals surface area (Å²) < 4.78 is 5.19. The molecule has 46 valence electrons. The fourth-order valence-corrected chi connectivity index (χ4v) is 0.603. The van der Waals surface area contributed by atoms with Crippen LogP contribution in [0.25, 0.3) is 0 Å². The van der Waals surface area contributed by atoms with E-state index in [1.54, 1.807) is 6.08 Å². The normalized spacial score (nSPS) is 18.5. The van der Waals surface area contributed by atoms with Gasteiger partial charge in [0.25, 0.3) is 0 Å². The van der Waals surface area contributed by atoms with Gasteiger partial charge in [-0.05, 0) is 18.8 Å². The Morgan fingerprint density at radius 3 is 2.88 bits per heavy atom. The van der Waals surface area contributed by atoms with Crippen LogP contribution in [-0.2, 0) is 4.74 Å². The topological polar surface area (TPSA) is 9.23 Å². The Morgan fingerprint density at radius 2 is 2.38 bits per heavy atom. The molecule has 0 amide bonds. The van der Waals surface area contributed by atoms with E-state index in [1.807, 2.05) is 0 Å². The molecule has 0 spiro atoms. The van der Waals surface area contributed by atoms with Gasteiger partial charge in [-0.2, -0.15) is 0 Å². The van der Waals surface area contributed by atoms with Crippen molar-refractivity contribution in [2.75, 3.05) is 13.2 Å². The monoisotopic (exact) mass is 112 g/mol. The average Bonchev–Trinajstić information content (AvgIpc) is 2.51. The van der Waals surface area contributed by atoms with Crippen LogP contribution in [0, 0.1) is 5.92 Å². The molecule has 0 aliphatic heterocycles. The largest absolute Gasteiger partial charge is 0.377 e. The van der Waals surface area contributed by atoms with Crippen LogP contribution in [0.2, 0.25) is 0 Å². The maximum atomic E-state index is 5.19. The molecule has 1 heteroatoms. The molecule has 0 radical (unpaired) electrons. The summed E-state index contributed by atoms with van der Waals surface area (Å²) in [5.74, 6) is 0.884. The summed E-state index contributed by atoms with van der Waals surface area (Å²) in [7, 11) is 0. The van der Waals surface area contributed by atoms with E-state index in [1.165, 1.54) is 12.8 Å². The fraction of sp³-hybridized carbons (Fsp3) is 0.714. The molecule has 8 heavy (non-hydrogen) atoms. The van der Waals surface area contributed by atoms with Crippen LogP contribution >= 0.6 is 0 Å². The quantitative estimate of drug-likeness (QED) is 0.396. The van der Waals surface area contributed by atoms with Crippen molar-refractivity contribution in [2.24, 2.45) is 5.92 Å². The molecule has 0 unspecified atom stereocenters. The molecular formula is C7H12O. The zero-order valence-corrected chi connectivity index (χ0v) is 5.10. The van der Waals surface area contributed by atoms with Crippen molar-refractivity contribution in [3.8, 4) is 0 Å². The predicted octanol–water partition coefficient (Wildman–Crippen LogP) is 1.60. The van der Waals surface area contributed by atoms with E-state index in [0.717, 1.165) is 19.1 Å². The Kier molecular flexibility index (Phi) is 2.10. The van der Waals surface area contributed by atoms with Crippen LogP contribution < -0.4 is 0 Å². The highest BCUT2D eigenvalue weighted by atomic mass is 16.5. The lowest BCUT2D eigenvalue weighted by molar-refractivity contribution is 0.151. The molecule has 0 N–H and O–H groups in total. The summed E-state index contributed by atoms with van der Waals surface area (Å²) in [6.45, 7) is 5.22. The van der Waals surface area contributed by atoms with Gasteiger partial charge in [0.1, 0.15) is 0 Å². The molecule has 0 bridgehead atoms. The average molecular weight is 112 g/mol. The summed E-state index contributed by atoms with van der Waals surface area (Å²) in [5.41, 5.74) is 0. The SMILES string of the molecule is C=CCOCC1CC1. The maximum Gasteiger partial charge on any atom is 0.0644 e. The first-order valence-corrected chi connectivity index (χ1v) is 3.12. The zero-order chi connectivity index (χ0) is 5.82. The van der Waals surface area contributed by atoms with Crippen molar-refractivity contribution >= 4 is 0 Å². The third-order valence-corrected chi connectivity index (χ3v) is 1.29. The third-order valence-electron chi connectivity index (χ3n) is 1.29. The third kappa shape index (κ3) is 2.12. The molecule has 0 aromatic rings. The minimum Gasteiger partial charge on any atom is -0.377 e. The molecular weight excluding hydrogens is 100 g/mol. The Bertz CT molecular complexity index is 74.5. The first kappa shape index (κ1) is 5.83. The van der Waals surface area contributed by atoms with Crippen LogP contribution in [-0.4, -0.2) is 13.2 Å². The summed E-state index contributed by atoms with van der Waals surface area (Å²) in [4.78, 5) is 0. The van der Waals surface area contributed by atoms with E-state index in [0.29, 0.717) is 0 Å². The molecule has 1 fully saturated rings. The minimum atomic E-state index is 0.719. The lowest BCUT2D eigenvalue weighted by atomic mass is 10.5. The summed E-state index contributed by atoms with van der Waals surface area (Å²) in [6, 6.07) is 0. The highest BCUT2D eigenvalue weighted by Gasteiger charge is 2.20. The van der Waals surface area contributed by atoms with Crippen LogP contribution in [0.1, 0.15) is 12.8 Å². The van der Waals surface area contributed by atoms with E-state index >= 15 is 0 Å². The first-order valence-electron chi connectivity index (χ1n) is 3.12. The van der Waals surface area contributed by atoms with Gasteiger partial charge in [0.2, 0.25) is 0 Å². The molecule has 0 heterocycles. The Labute approximate surface area is 50.3 Å². The smallest absolute Gasteiger partial charge is 0.0644 e. The van der Waals surface area contributed by atoms with Crippen molar-refractivity contribution in [1.82, 2.24) is 0 Å². The molecule has 1 nitrogen and oxygen atoms in total. The van der Waals surface area contributed by atoms with Gasteiger partial charge < -0.3 is 4.74 Å². The zero-order valence-electron chi connectivity index (χ0n) is 5.10. The molecule has 0 aromatic carbocycles. The van der Waals surface area contributed by atoms with Crippen LogP contribution in [0.5, 0.6) is 0 Å². The van der Waals surface area contributed by atoms with Gasteiger partial charge in [-0.3, -0.25) is 0 Å². The van der Waals surface area contributed by atoms with Gasteiger partial charge >= 0.3 is 0 Å². The molecule has 1 rings (SSSR count). The van der Waals surface area contributed by atoms with E-state index in [-0.39, 0.29) is 0 Å². The van der Waals surface area contributed by atoms with Gasteiger partial charge in [-0.15, -0.1) is 6.58 Å². The van der Waals surface area contributed by atoms with E-state index in [9.17, 15) is 0 Å². The molecule has 0 saturated heterocycles. The van der Waals surface area contributed by atoms with Crippen molar-refractivity contribution in [3.63, 3.8) is 0 Å². The lowest BCUT2D eigenvalue weighted by Crippen LogP contribution is -1.94. The lowest BCUT2D eigenvalue weighted by Gasteiger charge is -1.94. The second-order valence-corrected chi connectivity index (χ2v) is 2.27. The second-order valence-electron chi connectivity index (χ2n) is 2.27. The summed E-state index contributed by atoms with van der Waals surface area (Å²) in [5, 5.41) is 0. The van der Waals surface area contributed by atoms with Gasteiger partial charge in [-0.25, -0.2) is 0 Å². The van der Waals surface area contributed by atoms with E-state index in [4.69, 9.17) is 4.74 Å². The number of hydrogen-bond acceptors (Lipinski definition) is 1. The molecule has 1 saturated carbocycles. The van der Waals surface area contributed by atoms with E-state index in [2.05, 4.69) is 6.58 Å². The first-order chi connectivity index (χ1) is 3.93. The van der Waals surface area contributed by atoms with Gasteiger partial charge in [-0.1, -0.05) is 6.08 Å². The standard InChI is InChI=1S/C7H12O/c1-2-5-8-6-7-3-4-7/h2,7H,1,3-6H2. The van der Waals surface area contributed by atoms with E-state index < -0.39 is 0 Å². The molecule has 1 aliphatic carbocycles.